The minimum atomic E-state index is -0.557. The zero-order chi connectivity index (χ0) is 20.9. The quantitative estimate of drug-likeness (QED) is 0.814. The predicted molar refractivity (Wildman–Crippen MR) is 110 cm³/mol. The van der Waals surface area contributed by atoms with Crippen molar-refractivity contribution in [2.45, 2.75) is 19.3 Å². The van der Waals surface area contributed by atoms with E-state index in [4.69, 9.17) is 4.74 Å². The molecule has 0 saturated carbocycles. The molecule has 0 radical (unpaired) electrons. The molecule has 5 nitrogen and oxygen atoms in total. The van der Waals surface area contributed by atoms with E-state index in [1.54, 1.807) is 24.1 Å². The van der Waals surface area contributed by atoms with E-state index in [0.29, 0.717) is 37.9 Å². The van der Waals surface area contributed by atoms with Crippen LogP contribution in [0, 0.1) is 11.2 Å². The standard InChI is InChI=1S/C23H27FN2O3/c1-25-22(28)23(11-13-26(14-12-23)21(27)16-29-2)15-17-7-9-18(10-8-17)19-5-3-4-6-20(19)24/h3-10H,11-16H2,1-2H3,(H,25,28). The van der Waals surface area contributed by atoms with Crippen molar-refractivity contribution in [2.75, 3.05) is 33.9 Å². The summed E-state index contributed by atoms with van der Waals surface area (Å²) in [4.78, 5) is 26.6. The van der Waals surface area contributed by atoms with Crippen LogP contribution in [0.1, 0.15) is 18.4 Å². The number of halogens is 1. The van der Waals surface area contributed by atoms with Crippen LogP contribution in [0.25, 0.3) is 11.1 Å². The number of carbonyl (C=O) groups excluding carboxylic acids is 2. The topological polar surface area (TPSA) is 58.6 Å². The van der Waals surface area contributed by atoms with Crippen LogP contribution in [-0.2, 0) is 20.7 Å². The van der Waals surface area contributed by atoms with Gasteiger partial charge in [-0.3, -0.25) is 9.59 Å². The molecule has 2 amide bonds. The Kier molecular flexibility index (Phi) is 6.64. The lowest BCUT2D eigenvalue weighted by molar-refractivity contribution is -0.142. The fourth-order valence-electron chi connectivity index (χ4n) is 4.04. The van der Waals surface area contributed by atoms with Crippen molar-refractivity contribution in [3.05, 3.63) is 59.9 Å². The molecular formula is C23H27FN2O3. The summed E-state index contributed by atoms with van der Waals surface area (Å²) in [6.45, 7) is 1.12. The molecule has 1 fully saturated rings. The van der Waals surface area contributed by atoms with E-state index in [1.165, 1.54) is 13.2 Å². The summed E-state index contributed by atoms with van der Waals surface area (Å²) in [6, 6.07) is 14.4. The second kappa shape index (κ2) is 9.18. The van der Waals surface area contributed by atoms with Gasteiger partial charge in [0.1, 0.15) is 12.4 Å². The van der Waals surface area contributed by atoms with E-state index < -0.39 is 5.41 Å². The zero-order valence-electron chi connectivity index (χ0n) is 16.9. The molecule has 1 aliphatic heterocycles. The minimum absolute atomic E-state index is 0.00507. The van der Waals surface area contributed by atoms with E-state index in [9.17, 15) is 14.0 Å². The SMILES string of the molecule is CNC(=O)C1(Cc2ccc(-c3ccccc3F)cc2)CCN(C(=O)COC)CC1. The number of hydrogen-bond acceptors (Lipinski definition) is 3. The van der Waals surface area contributed by atoms with Gasteiger partial charge in [0.05, 0.1) is 5.41 Å². The molecule has 0 spiro atoms. The number of benzene rings is 2. The lowest BCUT2D eigenvalue weighted by Gasteiger charge is -2.40. The Morgan fingerprint density at radius 3 is 2.34 bits per heavy atom. The van der Waals surface area contributed by atoms with Crippen molar-refractivity contribution < 1.29 is 18.7 Å². The maximum atomic E-state index is 14.0. The third-order valence-electron chi connectivity index (χ3n) is 5.73. The largest absolute Gasteiger partial charge is 0.375 e. The van der Waals surface area contributed by atoms with E-state index in [-0.39, 0.29) is 24.2 Å². The molecular weight excluding hydrogens is 371 g/mol. The first-order valence-electron chi connectivity index (χ1n) is 9.82. The van der Waals surface area contributed by atoms with E-state index in [1.807, 2.05) is 30.3 Å². The number of rotatable bonds is 6. The maximum absolute atomic E-state index is 14.0. The highest BCUT2D eigenvalue weighted by Gasteiger charge is 2.41. The van der Waals surface area contributed by atoms with Gasteiger partial charge in [0.15, 0.2) is 0 Å². The number of nitrogens with zero attached hydrogens (tertiary/aromatic N) is 1. The molecule has 1 heterocycles. The minimum Gasteiger partial charge on any atom is -0.375 e. The summed E-state index contributed by atoms with van der Waals surface area (Å²) < 4.78 is 19.0. The molecule has 1 aliphatic rings. The molecule has 1 saturated heterocycles. The number of piperidine rings is 1. The molecule has 2 aromatic carbocycles. The molecule has 2 aromatic rings. The number of ether oxygens (including phenoxy) is 1. The fraction of sp³-hybridized carbons (Fsp3) is 0.391. The van der Waals surface area contributed by atoms with Crippen LogP contribution >= 0.6 is 0 Å². The van der Waals surface area contributed by atoms with Crippen LogP contribution in [0.4, 0.5) is 4.39 Å². The second-order valence-electron chi connectivity index (χ2n) is 7.53. The summed E-state index contributed by atoms with van der Waals surface area (Å²) in [5.41, 5.74) is 1.83. The van der Waals surface area contributed by atoms with Crippen molar-refractivity contribution in [1.82, 2.24) is 10.2 Å². The Balaban J connectivity index is 1.75. The highest BCUT2D eigenvalue weighted by atomic mass is 19.1. The summed E-state index contributed by atoms with van der Waals surface area (Å²) >= 11 is 0. The molecule has 0 unspecified atom stereocenters. The summed E-state index contributed by atoms with van der Waals surface area (Å²) in [5, 5.41) is 2.79. The number of hydrogen-bond donors (Lipinski definition) is 1. The number of likely N-dealkylation sites (tertiary alicyclic amines) is 1. The van der Waals surface area contributed by atoms with E-state index in [0.717, 1.165) is 11.1 Å². The van der Waals surface area contributed by atoms with Gasteiger partial charge in [0, 0.05) is 32.8 Å². The van der Waals surface area contributed by atoms with Gasteiger partial charge >= 0.3 is 0 Å². The zero-order valence-corrected chi connectivity index (χ0v) is 16.9. The highest BCUT2D eigenvalue weighted by molar-refractivity contribution is 5.84. The van der Waals surface area contributed by atoms with E-state index >= 15 is 0 Å². The van der Waals surface area contributed by atoms with Gasteiger partial charge in [-0.15, -0.1) is 0 Å². The van der Waals surface area contributed by atoms with Crippen LogP contribution < -0.4 is 5.32 Å². The van der Waals surface area contributed by atoms with Crippen molar-refractivity contribution in [3.8, 4) is 11.1 Å². The van der Waals surface area contributed by atoms with Gasteiger partial charge in [-0.05, 0) is 36.5 Å². The van der Waals surface area contributed by atoms with Crippen LogP contribution in [0.15, 0.2) is 48.5 Å². The molecule has 0 aliphatic carbocycles. The highest BCUT2D eigenvalue weighted by Crippen LogP contribution is 2.36. The fourth-order valence-corrected chi connectivity index (χ4v) is 4.04. The van der Waals surface area contributed by atoms with Crippen molar-refractivity contribution in [2.24, 2.45) is 5.41 Å². The number of methoxy groups -OCH3 is 1. The first kappa shape index (κ1) is 21.0. The molecule has 0 aromatic heterocycles. The Morgan fingerprint density at radius 2 is 1.76 bits per heavy atom. The second-order valence-corrected chi connectivity index (χ2v) is 7.53. The lowest BCUT2D eigenvalue weighted by atomic mass is 9.73. The predicted octanol–water partition coefficient (Wildman–Crippen LogP) is 3.04. The number of amides is 2. The first-order valence-corrected chi connectivity index (χ1v) is 9.82. The van der Waals surface area contributed by atoms with Crippen molar-refractivity contribution in [3.63, 3.8) is 0 Å². The molecule has 3 rings (SSSR count). The van der Waals surface area contributed by atoms with Gasteiger partial charge in [0.25, 0.3) is 0 Å². The van der Waals surface area contributed by atoms with Crippen LogP contribution in [-0.4, -0.2) is 50.6 Å². The monoisotopic (exact) mass is 398 g/mol. The smallest absolute Gasteiger partial charge is 0.248 e. The van der Waals surface area contributed by atoms with Crippen LogP contribution in [0.2, 0.25) is 0 Å². The Labute approximate surface area is 170 Å². The molecule has 1 N–H and O–H groups in total. The van der Waals surface area contributed by atoms with Crippen LogP contribution in [0.5, 0.6) is 0 Å². The van der Waals surface area contributed by atoms with E-state index in [2.05, 4.69) is 5.32 Å². The maximum Gasteiger partial charge on any atom is 0.248 e. The summed E-state index contributed by atoms with van der Waals surface area (Å²) in [7, 11) is 3.15. The van der Waals surface area contributed by atoms with Gasteiger partial charge in [0.2, 0.25) is 11.8 Å². The third kappa shape index (κ3) is 4.65. The first-order chi connectivity index (χ1) is 14.0. The Bertz CT molecular complexity index is 859. The number of nitrogens with one attached hydrogen (secondary N) is 1. The van der Waals surface area contributed by atoms with Crippen molar-refractivity contribution in [1.29, 1.82) is 0 Å². The Morgan fingerprint density at radius 1 is 1.10 bits per heavy atom. The number of carbonyl (C=O) groups is 2. The summed E-state index contributed by atoms with van der Waals surface area (Å²) in [5.74, 6) is -0.308. The molecule has 0 atom stereocenters. The van der Waals surface area contributed by atoms with Gasteiger partial charge in [-0.1, -0.05) is 42.5 Å². The normalized spacial score (nSPS) is 15.8. The van der Waals surface area contributed by atoms with Crippen molar-refractivity contribution >= 4 is 11.8 Å². The average Bonchev–Trinajstić information content (AvgIpc) is 2.75. The van der Waals surface area contributed by atoms with Crippen LogP contribution in [0.3, 0.4) is 0 Å². The molecule has 154 valence electrons. The lowest BCUT2D eigenvalue weighted by Crippen LogP contribution is -2.51. The average molecular weight is 398 g/mol. The third-order valence-corrected chi connectivity index (χ3v) is 5.73. The van der Waals surface area contributed by atoms with Gasteiger partial charge in [-0.2, -0.15) is 0 Å². The Hall–Kier alpha value is -2.73. The van der Waals surface area contributed by atoms with Gasteiger partial charge < -0.3 is 15.0 Å². The summed E-state index contributed by atoms with van der Waals surface area (Å²) in [6.07, 6.45) is 1.77. The molecule has 0 bridgehead atoms. The molecule has 6 heteroatoms. The van der Waals surface area contributed by atoms with Gasteiger partial charge in [-0.25, -0.2) is 4.39 Å². The molecule has 29 heavy (non-hydrogen) atoms.